The molecule has 0 heterocycles. The first kappa shape index (κ1) is 19.5. The number of carbonyl (C=O) groups excluding carboxylic acids is 2. The molecule has 2 aromatic rings. The van der Waals surface area contributed by atoms with Crippen molar-refractivity contribution in [2.75, 3.05) is 19.4 Å². The molecule has 1 N–H and O–H groups in total. The molecule has 0 aromatic heterocycles. The van der Waals surface area contributed by atoms with Crippen LogP contribution in [0.3, 0.4) is 0 Å². The molecule has 0 spiro atoms. The number of esters is 1. The van der Waals surface area contributed by atoms with Gasteiger partial charge in [-0.05, 0) is 48.4 Å². The molecule has 2 aromatic carbocycles. The van der Waals surface area contributed by atoms with E-state index in [1.54, 1.807) is 23.9 Å². The van der Waals surface area contributed by atoms with Gasteiger partial charge in [-0.1, -0.05) is 28.1 Å². The van der Waals surface area contributed by atoms with Crippen LogP contribution in [0.5, 0.6) is 0 Å². The van der Waals surface area contributed by atoms with Gasteiger partial charge in [-0.25, -0.2) is 4.79 Å². The van der Waals surface area contributed by atoms with E-state index >= 15 is 0 Å². The van der Waals surface area contributed by atoms with Gasteiger partial charge >= 0.3 is 5.97 Å². The van der Waals surface area contributed by atoms with Crippen LogP contribution in [0, 0.1) is 0 Å². The molecule has 6 heteroatoms. The van der Waals surface area contributed by atoms with E-state index in [1.165, 1.54) is 7.11 Å². The average molecular weight is 422 g/mol. The molecule has 25 heavy (non-hydrogen) atoms. The Morgan fingerprint density at radius 3 is 2.40 bits per heavy atom. The van der Waals surface area contributed by atoms with E-state index in [4.69, 9.17) is 0 Å². The fourth-order valence-corrected chi connectivity index (χ4v) is 3.27. The number of benzene rings is 2. The van der Waals surface area contributed by atoms with Crippen molar-refractivity contribution in [2.45, 2.75) is 17.7 Å². The Kier molecular flexibility index (Phi) is 8.01. The van der Waals surface area contributed by atoms with E-state index < -0.39 is 0 Å². The fraction of sp³-hybridized carbons (Fsp3) is 0.263. The van der Waals surface area contributed by atoms with Crippen molar-refractivity contribution in [3.05, 3.63) is 64.1 Å². The highest BCUT2D eigenvalue weighted by Crippen LogP contribution is 2.21. The second-order valence-corrected chi connectivity index (χ2v) is 7.42. The zero-order valence-corrected chi connectivity index (χ0v) is 16.4. The topological polar surface area (TPSA) is 55.4 Å². The van der Waals surface area contributed by atoms with Crippen molar-refractivity contribution >= 4 is 39.6 Å². The van der Waals surface area contributed by atoms with Gasteiger partial charge in [-0.2, -0.15) is 0 Å². The molecule has 0 fully saturated rings. The quantitative estimate of drug-likeness (QED) is 0.515. The van der Waals surface area contributed by atoms with Gasteiger partial charge in [-0.3, -0.25) is 4.79 Å². The molecular formula is C19H20BrNO3S. The van der Waals surface area contributed by atoms with Gasteiger partial charge in [0.1, 0.15) is 0 Å². The molecule has 0 atom stereocenters. The number of hydrogen-bond donors (Lipinski definition) is 1. The summed E-state index contributed by atoms with van der Waals surface area (Å²) in [6.07, 6.45) is 1.22. The predicted molar refractivity (Wildman–Crippen MR) is 104 cm³/mol. The Labute approximate surface area is 160 Å². The summed E-state index contributed by atoms with van der Waals surface area (Å²) in [6, 6.07) is 15.3. The number of hydrogen-bond acceptors (Lipinski definition) is 4. The van der Waals surface area contributed by atoms with Crippen LogP contribution >= 0.6 is 27.7 Å². The number of methoxy groups -OCH3 is 1. The lowest BCUT2D eigenvalue weighted by Gasteiger charge is -2.06. The minimum absolute atomic E-state index is 0.0517. The highest BCUT2D eigenvalue weighted by atomic mass is 79.9. The molecule has 4 nitrogen and oxygen atoms in total. The number of carbonyl (C=O) groups is 2. The fourth-order valence-electron chi connectivity index (χ4n) is 2.15. The monoisotopic (exact) mass is 421 g/mol. The third-order valence-electron chi connectivity index (χ3n) is 3.52. The summed E-state index contributed by atoms with van der Waals surface area (Å²) in [4.78, 5) is 24.4. The van der Waals surface area contributed by atoms with Crippen LogP contribution in [-0.4, -0.2) is 31.3 Å². The molecule has 0 unspecified atom stereocenters. The molecule has 0 saturated carbocycles. The molecule has 0 radical (unpaired) electrons. The number of thioether (sulfide) groups is 1. The van der Waals surface area contributed by atoms with Crippen LogP contribution in [0.4, 0.5) is 0 Å². The Morgan fingerprint density at radius 2 is 1.76 bits per heavy atom. The molecule has 0 saturated heterocycles. The zero-order chi connectivity index (χ0) is 18.1. The molecule has 0 aliphatic carbocycles. The maximum Gasteiger partial charge on any atom is 0.337 e. The number of halogens is 1. The lowest BCUT2D eigenvalue weighted by Crippen LogP contribution is -2.25. The minimum atomic E-state index is -0.344. The summed E-state index contributed by atoms with van der Waals surface area (Å²) in [6.45, 7) is 0.583. The maximum atomic E-state index is 11.9. The van der Waals surface area contributed by atoms with Gasteiger partial charge in [0.2, 0.25) is 5.91 Å². The van der Waals surface area contributed by atoms with Crippen molar-refractivity contribution < 1.29 is 14.3 Å². The summed E-state index contributed by atoms with van der Waals surface area (Å²) >= 11 is 5.07. The third kappa shape index (κ3) is 6.92. The second kappa shape index (κ2) is 10.3. The normalized spacial score (nSPS) is 10.3. The Morgan fingerprint density at radius 1 is 1.08 bits per heavy atom. The minimum Gasteiger partial charge on any atom is -0.465 e. The van der Waals surface area contributed by atoms with Gasteiger partial charge in [0.05, 0.1) is 12.7 Å². The number of ether oxygens (including phenoxy) is 1. The smallest absolute Gasteiger partial charge is 0.337 e. The SMILES string of the molecule is COC(=O)c1ccc(CCNC(=O)CCSc2ccc(Br)cc2)cc1. The predicted octanol–water partition coefficient (Wildman–Crippen LogP) is 4.08. The Hall–Kier alpha value is -1.79. The van der Waals surface area contributed by atoms with Gasteiger partial charge < -0.3 is 10.1 Å². The van der Waals surface area contributed by atoms with E-state index in [-0.39, 0.29) is 11.9 Å². The molecule has 2 rings (SSSR count). The van der Waals surface area contributed by atoms with Crippen molar-refractivity contribution in [2.24, 2.45) is 0 Å². The van der Waals surface area contributed by atoms with Crippen LogP contribution in [0.25, 0.3) is 0 Å². The largest absolute Gasteiger partial charge is 0.465 e. The standard InChI is InChI=1S/C19H20BrNO3S/c1-24-19(23)15-4-2-14(3-5-15)10-12-21-18(22)11-13-25-17-8-6-16(20)7-9-17/h2-9H,10-13H2,1H3,(H,21,22). The van der Waals surface area contributed by atoms with Crippen LogP contribution in [0.2, 0.25) is 0 Å². The van der Waals surface area contributed by atoms with Crippen LogP contribution in [-0.2, 0) is 16.0 Å². The van der Waals surface area contributed by atoms with Crippen molar-refractivity contribution in [3.63, 3.8) is 0 Å². The van der Waals surface area contributed by atoms with Crippen molar-refractivity contribution in [1.29, 1.82) is 0 Å². The van der Waals surface area contributed by atoms with Crippen LogP contribution in [0.1, 0.15) is 22.3 Å². The summed E-state index contributed by atoms with van der Waals surface area (Å²) in [7, 11) is 1.36. The summed E-state index contributed by atoms with van der Waals surface area (Å²) in [5.74, 6) is 0.459. The van der Waals surface area contributed by atoms with Crippen LogP contribution in [0.15, 0.2) is 57.9 Å². The molecule has 1 amide bonds. The molecule has 0 bridgehead atoms. The summed E-state index contributed by atoms with van der Waals surface area (Å²) < 4.78 is 5.71. The van der Waals surface area contributed by atoms with Crippen molar-refractivity contribution in [3.8, 4) is 0 Å². The summed E-state index contributed by atoms with van der Waals surface area (Å²) in [5, 5.41) is 2.92. The van der Waals surface area contributed by atoms with Gasteiger partial charge in [0.25, 0.3) is 0 Å². The van der Waals surface area contributed by atoms with E-state index in [9.17, 15) is 9.59 Å². The lowest BCUT2D eigenvalue weighted by atomic mass is 10.1. The van der Waals surface area contributed by atoms with E-state index in [0.717, 1.165) is 27.1 Å². The van der Waals surface area contributed by atoms with Gasteiger partial charge in [0.15, 0.2) is 0 Å². The number of amides is 1. The second-order valence-electron chi connectivity index (χ2n) is 5.34. The van der Waals surface area contributed by atoms with E-state index in [1.807, 2.05) is 36.4 Å². The lowest BCUT2D eigenvalue weighted by molar-refractivity contribution is -0.120. The molecular weight excluding hydrogens is 402 g/mol. The van der Waals surface area contributed by atoms with Crippen LogP contribution < -0.4 is 5.32 Å². The first-order chi connectivity index (χ1) is 12.1. The number of rotatable bonds is 8. The van der Waals surface area contributed by atoms with Gasteiger partial charge in [0, 0.05) is 28.1 Å². The average Bonchev–Trinajstić information content (AvgIpc) is 2.63. The first-order valence-corrected chi connectivity index (χ1v) is 9.68. The maximum absolute atomic E-state index is 11.9. The highest BCUT2D eigenvalue weighted by molar-refractivity contribution is 9.10. The van der Waals surface area contributed by atoms with Crippen molar-refractivity contribution in [1.82, 2.24) is 5.32 Å². The zero-order valence-electron chi connectivity index (χ0n) is 14.0. The van der Waals surface area contributed by atoms with E-state index in [2.05, 4.69) is 26.0 Å². The number of nitrogens with one attached hydrogen (secondary N) is 1. The summed E-state index contributed by atoms with van der Waals surface area (Å²) in [5.41, 5.74) is 1.59. The molecule has 0 aliphatic heterocycles. The van der Waals surface area contributed by atoms with E-state index in [0.29, 0.717) is 18.5 Å². The molecule has 132 valence electrons. The third-order valence-corrected chi connectivity index (χ3v) is 5.06. The Balaban J connectivity index is 1.64. The molecule has 0 aliphatic rings. The highest BCUT2D eigenvalue weighted by Gasteiger charge is 2.05. The Bertz CT molecular complexity index is 702. The first-order valence-electron chi connectivity index (χ1n) is 7.91. The van der Waals surface area contributed by atoms with Gasteiger partial charge in [-0.15, -0.1) is 11.8 Å².